The first-order valence-electron chi connectivity index (χ1n) is 13.0. The second-order valence-corrected chi connectivity index (χ2v) is 11.0. The average Bonchev–Trinajstić information content (AvgIpc) is 3.72. The number of ether oxygens (including phenoxy) is 2. The first-order valence-corrected chi connectivity index (χ1v) is 13.0. The van der Waals surface area contributed by atoms with Gasteiger partial charge in [-0.05, 0) is 89.1 Å². The summed E-state index contributed by atoms with van der Waals surface area (Å²) in [6.07, 6.45) is 9.17. The molecule has 3 aromatic rings. The number of rotatable bonds is 12. The fourth-order valence-electron chi connectivity index (χ4n) is 5.08. The van der Waals surface area contributed by atoms with Crippen LogP contribution in [0.3, 0.4) is 0 Å². The zero-order valence-corrected chi connectivity index (χ0v) is 22.3. The van der Waals surface area contributed by atoms with Crippen LogP contribution in [-0.2, 0) is 17.8 Å². The highest BCUT2D eigenvalue weighted by Gasteiger charge is 2.33. The molecular formula is C33H35FO4. The molecule has 1 saturated carbocycles. The number of hydrogen-bond donors (Lipinski definition) is 1. The molecule has 0 aliphatic heterocycles. The van der Waals surface area contributed by atoms with Crippen LogP contribution in [0.5, 0.6) is 11.5 Å². The lowest BCUT2D eigenvalue weighted by Gasteiger charge is -2.24. The number of terminal acetylenes is 1. The average molecular weight is 515 g/mol. The molecule has 0 spiro atoms. The summed E-state index contributed by atoms with van der Waals surface area (Å²) < 4.78 is 26.4. The van der Waals surface area contributed by atoms with Gasteiger partial charge in [-0.15, -0.1) is 12.3 Å². The molecule has 1 aliphatic carbocycles. The molecule has 1 atom stereocenters. The van der Waals surface area contributed by atoms with Gasteiger partial charge in [0, 0.05) is 12.0 Å². The summed E-state index contributed by atoms with van der Waals surface area (Å²) >= 11 is 0. The summed E-state index contributed by atoms with van der Waals surface area (Å²) in [6, 6.07) is 18.5. The summed E-state index contributed by atoms with van der Waals surface area (Å²) in [4.78, 5) is 11.4. The van der Waals surface area contributed by atoms with E-state index in [1.165, 1.54) is 6.07 Å². The Bertz CT molecular complexity index is 1330. The minimum atomic E-state index is -0.777. The fraction of sp³-hybridized carbons (Fsp3) is 0.364. The first-order chi connectivity index (χ1) is 18.2. The molecule has 198 valence electrons. The molecule has 0 heterocycles. The van der Waals surface area contributed by atoms with Crippen molar-refractivity contribution in [3.05, 3.63) is 83.2 Å². The molecule has 1 aliphatic rings. The molecule has 1 N–H and O–H groups in total. The Balaban J connectivity index is 1.60. The molecule has 1 fully saturated rings. The molecule has 0 radical (unpaired) electrons. The number of carbonyl (C=O) groups is 1. The maximum absolute atomic E-state index is 14.9. The first kappa shape index (κ1) is 27.3. The second kappa shape index (κ2) is 11.7. The van der Waals surface area contributed by atoms with Crippen molar-refractivity contribution in [1.29, 1.82) is 0 Å². The van der Waals surface area contributed by atoms with Crippen LogP contribution >= 0.6 is 0 Å². The number of aliphatic carboxylic acids is 1. The van der Waals surface area contributed by atoms with Crippen molar-refractivity contribution in [2.24, 2.45) is 11.3 Å². The summed E-state index contributed by atoms with van der Waals surface area (Å²) in [5.41, 5.74) is 4.07. The van der Waals surface area contributed by atoms with Gasteiger partial charge in [0.15, 0.2) is 0 Å². The lowest BCUT2D eigenvalue weighted by atomic mass is 9.80. The lowest BCUT2D eigenvalue weighted by molar-refractivity contribution is -0.137. The highest BCUT2D eigenvalue weighted by molar-refractivity contribution is 5.70. The van der Waals surface area contributed by atoms with Crippen molar-refractivity contribution >= 4 is 5.97 Å². The highest BCUT2D eigenvalue weighted by Crippen LogP contribution is 2.45. The standard InChI is InChI=1S/C33H35FO4/c1-5-15-33(2,3)20-25-16-22(9-13-28(25)30-18-26(37-4)12-14-31(30)34)21-38-27-8-6-7-24(17-27)29(19-32(35)36)23-10-11-23/h1,6-9,12-14,16-18,23,29H,10-11,15,19-21H2,2-4H3,(H,35,36). The van der Waals surface area contributed by atoms with Crippen molar-refractivity contribution in [2.75, 3.05) is 7.11 Å². The third kappa shape index (κ3) is 6.95. The van der Waals surface area contributed by atoms with E-state index in [9.17, 15) is 14.3 Å². The van der Waals surface area contributed by atoms with Crippen molar-refractivity contribution in [3.63, 3.8) is 0 Å². The van der Waals surface area contributed by atoms with Crippen molar-refractivity contribution in [3.8, 4) is 35.0 Å². The van der Waals surface area contributed by atoms with Crippen LogP contribution in [0.1, 0.15) is 62.1 Å². The molecule has 38 heavy (non-hydrogen) atoms. The summed E-state index contributed by atoms with van der Waals surface area (Å²) in [5.74, 6) is 3.41. The number of methoxy groups -OCH3 is 1. The van der Waals surface area contributed by atoms with Crippen LogP contribution in [0, 0.1) is 29.5 Å². The van der Waals surface area contributed by atoms with Gasteiger partial charge in [-0.3, -0.25) is 4.79 Å². The van der Waals surface area contributed by atoms with Gasteiger partial charge in [0.1, 0.15) is 23.9 Å². The maximum atomic E-state index is 14.9. The van der Waals surface area contributed by atoms with Gasteiger partial charge in [0.25, 0.3) is 0 Å². The zero-order chi connectivity index (χ0) is 27.3. The zero-order valence-electron chi connectivity index (χ0n) is 22.3. The SMILES string of the molecule is C#CCC(C)(C)Cc1cc(COc2cccc(C(CC(=O)O)C3CC3)c2)ccc1-c1cc(OC)ccc1F. The van der Waals surface area contributed by atoms with Crippen LogP contribution < -0.4 is 9.47 Å². The Morgan fingerprint density at radius 2 is 1.89 bits per heavy atom. The largest absolute Gasteiger partial charge is 0.497 e. The van der Waals surface area contributed by atoms with Crippen LogP contribution in [0.15, 0.2) is 60.7 Å². The van der Waals surface area contributed by atoms with Gasteiger partial charge in [-0.1, -0.05) is 44.2 Å². The molecule has 5 heteroatoms. The third-order valence-corrected chi connectivity index (χ3v) is 7.16. The predicted molar refractivity (Wildman–Crippen MR) is 148 cm³/mol. The Morgan fingerprint density at radius 1 is 1.11 bits per heavy atom. The van der Waals surface area contributed by atoms with Gasteiger partial charge in [0.2, 0.25) is 0 Å². The van der Waals surface area contributed by atoms with Crippen LogP contribution in [-0.4, -0.2) is 18.2 Å². The van der Waals surface area contributed by atoms with E-state index >= 15 is 0 Å². The summed E-state index contributed by atoms with van der Waals surface area (Å²) in [6.45, 7) is 4.56. The van der Waals surface area contributed by atoms with E-state index in [2.05, 4.69) is 25.8 Å². The summed E-state index contributed by atoms with van der Waals surface area (Å²) in [7, 11) is 1.57. The number of hydrogen-bond acceptors (Lipinski definition) is 3. The molecule has 4 rings (SSSR count). The molecule has 1 unspecified atom stereocenters. The van der Waals surface area contributed by atoms with E-state index in [4.69, 9.17) is 15.9 Å². The number of carboxylic acid groups (broad SMARTS) is 1. The van der Waals surface area contributed by atoms with Gasteiger partial charge < -0.3 is 14.6 Å². The molecule has 0 saturated heterocycles. The third-order valence-electron chi connectivity index (χ3n) is 7.16. The number of carboxylic acids is 1. The minimum absolute atomic E-state index is 0.0121. The molecule has 4 nitrogen and oxygen atoms in total. The van der Waals surface area contributed by atoms with Crippen molar-refractivity contribution in [2.45, 2.75) is 58.5 Å². The summed E-state index contributed by atoms with van der Waals surface area (Å²) in [5, 5.41) is 9.36. The monoisotopic (exact) mass is 514 g/mol. The minimum Gasteiger partial charge on any atom is -0.497 e. The van der Waals surface area contributed by atoms with E-state index in [1.807, 2.05) is 36.4 Å². The number of halogens is 1. The highest BCUT2D eigenvalue weighted by atomic mass is 19.1. The normalized spacial score (nSPS) is 14.0. The molecule has 3 aromatic carbocycles. The van der Waals surface area contributed by atoms with Gasteiger partial charge in [-0.2, -0.15) is 0 Å². The Kier molecular flexibility index (Phi) is 8.42. The molecule has 0 aromatic heterocycles. The Labute approximate surface area is 224 Å². The number of benzene rings is 3. The fourth-order valence-corrected chi connectivity index (χ4v) is 5.08. The molecule has 0 amide bonds. The smallest absolute Gasteiger partial charge is 0.303 e. The van der Waals surface area contributed by atoms with Crippen molar-refractivity contribution in [1.82, 2.24) is 0 Å². The predicted octanol–water partition coefficient (Wildman–Crippen LogP) is 7.64. The van der Waals surface area contributed by atoms with E-state index in [0.717, 1.165) is 35.1 Å². The lowest BCUT2D eigenvalue weighted by Crippen LogP contribution is -2.15. The Morgan fingerprint density at radius 3 is 2.58 bits per heavy atom. The topological polar surface area (TPSA) is 55.8 Å². The second-order valence-electron chi connectivity index (χ2n) is 11.0. The molecule has 0 bridgehead atoms. The Hall–Kier alpha value is -3.78. The van der Waals surface area contributed by atoms with Gasteiger partial charge in [-0.25, -0.2) is 4.39 Å². The van der Waals surface area contributed by atoms with E-state index < -0.39 is 5.97 Å². The quantitative estimate of drug-likeness (QED) is 0.252. The van der Waals surface area contributed by atoms with E-state index in [-0.39, 0.29) is 23.6 Å². The van der Waals surface area contributed by atoms with Gasteiger partial charge in [0.05, 0.1) is 13.5 Å². The molecular weight excluding hydrogens is 479 g/mol. The van der Waals surface area contributed by atoms with Gasteiger partial charge >= 0.3 is 5.97 Å². The van der Waals surface area contributed by atoms with Crippen LogP contribution in [0.2, 0.25) is 0 Å². The van der Waals surface area contributed by atoms with Crippen LogP contribution in [0.25, 0.3) is 11.1 Å². The van der Waals surface area contributed by atoms with E-state index in [1.54, 1.807) is 19.2 Å². The maximum Gasteiger partial charge on any atom is 0.303 e. The van der Waals surface area contributed by atoms with E-state index in [0.29, 0.717) is 42.4 Å². The van der Waals surface area contributed by atoms with Crippen LogP contribution in [0.4, 0.5) is 4.39 Å². The van der Waals surface area contributed by atoms with Crippen molar-refractivity contribution < 1.29 is 23.8 Å².